The zero-order chi connectivity index (χ0) is 14.3. The third kappa shape index (κ3) is 2.23. The number of benzene rings is 1. The highest BCUT2D eigenvalue weighted by Crippen LogP contribution is 2.43. The molecule has 3 rings (SSSR count). The van der Waals surface area contributed by atoms with E-state index in [9.17, 15) is 0 Å². The molecule has 0 bridgehead atoms. The van der Waals surface area contributed by atoms with Gasteiger partial charge in [-0.2, -0.15) is 0 Å². The largest absolute Gasteiger partial charge is 0.323 e. The molecule has 0 spiro atoms. The number of nitrogens with zero attached hydrogens (tertiary/aromatic N) is 2. The van der Waals surface area contributed by atoms with E-state index in [1.54, 1.807) is 0 Å². The lowest BCUT2D eigenvalue weighted by Crippen LogP contribution is -2.17. The molecule has 0 aliphatic heterocycles. The average Bonchev–Trinajstić information content (AvgIpc) is 2.93. The number of rotatable bonds is 3. The van der Waals surface area contributed by atoms with Crippen LogP contribution in [0, 0.1) is 11.8 Å². The van der Waals surface area contributed by atoms with Crippen LogP contribution in [0.3, 0.4) is 0 Å². The van der Waals surface area contributed by atoms with Crippen molar-refractivity contribution >= 4 is 34.2 Å². The van der Waals surface area contributed by atoms with Crippen molar-refractivity contribution in [2.75, 3.05) is 5.88 Å². The Labute approximate surface area is 130 Å². The van der Waals surface area contributed by atoms with E-state index >= 15 is 0 Å². The maximum Gasteiger partial charge on any atom is 0.111 e. The predicted molar refractivity (Wildman–Crippen MR) is 85.8 cm³/mol. The van der Waals surface area contributed by atoms with Crippen LogP contribution in [0.25, 0.3) is 11.0 Å². The second kappa shape index (κ2) is 5.57. The molecule has 4 heteroatoms. The number of fused-ring (bicyclic) bond motifs is 1. The topological polar surface area (TPSA) is 17.8 Å². The van der Waals surface area contributed by atoms with Gasteiger partial charge in [0.15, 0.2) is 0 Å². The predicted octanol–water partition coefficient (Wildman–Crippen LogP) is 5.08. The number of para-hydroxylation sites is 1. The highest BCUT2D eigenvalue weighted by molar-refractivity contribution is 6.35. The van der Waals surface area contributed by atoms with Gasteiger partial charge in [-0.3, -0.25) is 0 Å². The normalized spacial score (nSPS) is 26.5. The lowest BCUT2D eigenvalue weighted by atomic mass is 9.97. The van der Waals surface area contributed by atoms with Gasteiger partial charge < -0.3 is 4.57 Å². The maximum atomic E-state index is 6.44. The van der Waals surface area contributed by atoms with Crippen LogP contribution in [0.4, 0.5) is 0 Å². The summed E-state index contributed by atoms with van der Waals surface area (Å²) in [7, 11) is 0. The Kier molecular flexibility index (Phi) is 3.96. The molecule has 1 saturated carbocycles. The van der Waals surface area contributed by atoms with Crippen molar-refractivity contribution in [2.24, 2.45) is 11.8 Å². The molecule has 2 aromatic rings. The molecule has 1 aliphatic carbocycles. The molecule has 20 heavy (non-hydrogen) atoms. The minimum Gasteiger partial charge on any atom is -0.323 e. The van der Waals surface area contributed by atoms with Gasteiger partial charge in [0.2, 0.25) is 0 Å². The van der Waals surface area contributed by atoms with Crippen LogP contribution in [-0.4, -0.2) is 15.4 Å². The molecule has 1 aromatic heterocycles. The summed E-state index contributed by atoms with van der Waals surface area (Å²) in [6.45, 7) is 4.68. The van der Waals surface area contributed by atoms with Gasteiger partial charge in [0, 0.05) is 18.3 Å². The zero-order valence-electron chi connectivity index (χ0n) is 11.9. The monoisotopic (exact) mass is 310 g/mol. The van der Waals surface area contributed by atoms with E-state index in [1.807, 2.05) is 18.2 Å². The number of aromatic nitrogens is 2. The first-order chi connectivity index (χ1) is 9.63. The Morgan fingerprint density at radius 1 is 1.30 bits per heavy atom. The summed E-state index contributed by atoms with van der Waals surface area (Å²) < 4.78 is 2.37. The zero-order valence-corrected chi connectivity index (χ0v) is 13.5. The van der Waals surface area contributed by atoms with Crippen molar-refractivity contribution in [3.8, 4) is 0 Å². The van der Waals surface area contributed by atoms with Gasteiger partial charge in [-0.25, -0.2) is 4.98 Å². The summed E-state index contributed by atoms with van der Waals surface area (Å²) in [5.74, 6) is 3.08. The second-order valence-corrected chi connectivity index (χ2v) is 6.71. The van der Waals surface area contributed by atoms with Crippen molar-refractivity contribution in [2.45, 2.75) is 39.2 Å². The summed E-state index contributed by atoms with van der Waals surface area (Å²) in [6, 6.07) is 6.45. The van der Waals surface area contributed by atoms with Gasteiger partial charge in [0.05, 0.1) is 16.1 Å². The third-order valence-corrected chi connectivity index (χ3v) is 5.30. The van der Waals surface area contributed by atoms with Crippen LogP contribution < -0.4 is 0 Å². The Bertz CT molecular complexity index is 620. The number of hydrogen-bond donors (Lipinski definition) is 0. The van der Waals surface area contributed by atoms with Crippen molar-refractivity contribution in [1.82, 2.24) is 9.55 Å². The number of aryl methyl sites for hydroxylation is 1. The molecule has 0 saturated heterocycles. The van der Waals surface area contributed by atoms with Crippen molar-refractivity contribution in [3.05, 3.63) is 29.0 Å². The summed E-state index contributed by atoms with van der Waals surface area (Å²) >= 11 is 12.4. The molecular formula is C16H20Cl2N2. The van der Waals surface area contributed by atoms with E-state index in [4.69, 9.17) is 28.2 Å². The number of alkyl halides is 1. The molecule has 1 heterocycles. The van der Waals surface area contributed by atoms with Crippen LogP contribution in [0.5, 0.6) is 0 Å². The van der Waals surface area contributed by atoms with E-state index in [1.165, 1.54) is 12.8 Å². The lowest BCUT2D eigenvalue weighted by Gasteiger charge is -2.23. The summed E-state index contributed by atoms with van der Waals surface area (Å²) in [6.07, 6.45) is 3.27. The van der Waals surface area contributed by atoms with Crippen LogP contribution >= 0.6 is 23.2 Å². The Balaban J connectivity index is 2.18. The molecule has 0 amide bonds. The first kappa shape index (κ1) is 14.2. The highest BCUT2D eigenvalue weighted by atomic mass is 35.5. The fourth-order valence-corrected chi connectivity index (χ4v) is 3.91. The first-order valence-corrected chi connectivity index (χ1v) is 8.26. The van der Waals surface area contributed by atoms with E-state index < -0.39 is 0 Å². The molecule has 1 aromatic carbocycles. The van der Waals surface area contributed by atoms with E-state index in [-0.39, 0.29) is 0 Å². The SMILES string of the molecule is CC1CCC(n2c(CCCl)nc3cccc(Cl)c32)C1C. The van der Waals surface area contributed by atoms with E-state index in [0.29, 0.717) is 17.8 Å². The van der Waals surface area contributed by atoms with Gasteiger partial charge in [-0.1, -0.05) is 31.5 Å². The molecule has 3 unspecified atom stereocenters. The standard InChI is InChI=1S/C16H20Cl2N2/c1-10-6-7-14(11(10)2)20-15(8-9-17)19-13-5-3-4-12(18)16(13)20/h3-5,10-11,14H,6-9H2,1-2H3. The van der Waals surface area contributed by atoms with Crippen molar-refractivity contribution in [3.63, 3.8) is 0 Å². The van der Waals surface area contributed by atoms with E-state index in [2.05, 4.69) is 18.4 Å². The van der Waals surface area contributed by atoms with Crippen LogP contribution in [0.2, 0.25) is 5.02 Å². The van der Waals surface area contributed by atoms with Crippen LogP contribution in [0.15, 0.2) is 18.2 Å². The summed E-state index contributed by atoms with van der Waals surface area (Å²) in [5, 5.41) is 0.794. The van der Waals surface area contributed by atoms with Gasteiger partial charge in [0.25, 0.3) is 0 Å². The number of hydrogen-bond acceptors (Lipinski definition) is 1. The molecule has 1 aliphatic rings. The minimum absolute atomic E-state index is 0.494. The molecule has 108 valence electrons. The van der Waals surface area contributed by atoms with Gasteiger partial charge >= 0.3 is 0 Å². The Hall–Kier alpha value is -0.730. The molecule has 0 N–H and O–H groups in total. The Morgan fingerprint density at radius 2 is 2.10 bits per heavy atom. The average molecular weight is 311 g/mol. The molecule has 2 nitrogen and oxygen atoms in total. The maximum absolute atomic E-state index is 6.44. The number of imidazole rings is 1. The minimum atomic E-state index is 0.494. The van der Waals surface area contributed by atoms with Gasteiger partial charge in [-0.15, -0.1) is 11.6 Å². The molecule has 3 atom stereocenters. The lowest BCUT2D eigenvalue weighted by molar-refractivity contribution is 0.352. The van der Waals surface area contributed by atoms with Crippen LogP contribution in [0.1, 0.15) is 38.6 Å². The fourth-order valence-electron chi connectivity index (χ4n) is 3.48. The number of halogens is 2. The first-order valence-electron chi connectivity index (χ1n) is 7.34. The molecule has 1 fully saturated rings. The van der Waals surface area contributed by atoms with E-state index in [0.717, 1.165) is 34.2 Å². The van der Waals surface area contributed by atoms with Gasteiger partial charge in [-0.05, 0) is 36.8 Å². The Morgan fingerprint density at radius 3 is 2.75 bits per heavy atom. The van der Waals surface area contributed by atoms with Gasteiger partial charge in [0.1, 0.15) is 5.82 Å². The summed E-state index contributed by atoms with van der Waals surface area (Å²) in [5.41, 5.74) is 2.07. The fraction of sp³-hybridized carbons (Fsp3) is 0.562. The third-order valence-electron chi connectivity index (χ3n) is 4.81. The molecular weight excluding hydrogens is 291 g/mol. The van der Waals surface area contributed by atoms with Crippen LogP contribution in [-0.2, 0) is 6.42 Å². The smallest absolute Gasteiger partial charge is 0.111 e. The van der Waals surface area contributed by atoms with Crippen molar-refractivity contribution < 1.29 is 0 Å². The van der Waals surface area contributed by atoms with Crippen molar-refractivity contribution in [1.29, 1.82) is 0 Å². The molecule has 0 radical (unpaired) electrons. The second-order valence-electron chi connectivity index (χ2n) is 5.93. The quantitative estimate of drug-likeness (QED) is 0.723. The highest BCUT2D eigenvalue weighted by Gasteiger charge is 2.33. The summed E-state index contributed by atoms with van der Waals surface area (Å²) in [4.78, 5) is 4.76.